The summed E-state index contributed by atoms with van der Waals surface area (Å²) in [5, 5.41) is 6.54. The highest BCUT2D eigenvalue weighted by Gasteiger charge is 2.31. The Hall–Kier alpha value is -3.77. The SMILES string of the molecule is CC(=O)Nc1nc2c(Oc3cc(-c4ccc(C(F)(F)F)cc4)nc(NC[C@H]4CCCCN4CC4CC4)n3)cccc2s1. The summed E-state index contributed by atoms with van der Waals surface area (Å²) in [6.07, 6.45) is 1.63. The zero-order valence-electron chi connectivity index (χ0n) is 23.1. The quantitative estimate of drug-likeness (QED) is 0.211. The number of ether oxygens (including phenoxy) is 1. The molecule has 2 aromatic carbocycles. The van der Waals surface area contributed by atoms with Gasteiger partial charge in [-0.05, 0) is 62.4 Å². The third-order valence-electron chi connectivity index (χ3n) is 7.52. The van der Waals surface area contributed by atoms with E-state index in [1.54, 1.807) is 12.1 Å². The van der Waals surface area contributed by atoms with E-state index in [2.05, 4.69) is 30.5 Å². The fourth-order valence-corrected chi connectivity index (χ4v) is 6.16. The van der Waals surface area contributed by atoms with Gasteiger partial charge in [0.2, 0.25) is 17.7 Å². The zero-order chi connectivity index (χ0) is 29.3. The van der Waals surface area contributed by atoms with Gasteiger partial charge in [-0.2, -0.15) is 18.2 Å². The van der Waals surface area contributed by atoms with Crippen molar-refractivity contribution in [1.29, 1.82) is 0 Å². The summed E-state index contributed by atoms with van der Waals surface area (Å²) in [5.41, 5.74) is 0.770. The second-order valence-corrected chi connectivity index (χ2v) is 11.9. The first-order chi connectivity index (χ1) is 20.2. The molecular weight excluding hydrogens is 565 g/mol. The predicted octanol–water partition coefficient (Wildman–Crippen LogP) is 7.20. The molecule has 0 bridgehead atoms. The van der Waals surface area contributed by atoms with Gasteiger partial charge in [-0.1, -0.05) is 36.0 Å². The number of likely N-dealkylation sites (tertiary alicyclic amines) is 1. The molecule has 220 valence electrons. The van der Waals surface area contributed by atoms with Gasteiger partial charge in [0.15, 0.2) is 10.9 Å². The fraction of sp³-hybridized carbons (Fsp3) is 0.400. The molecule has 0 spiro atoms. The maximum Gasteiger partial charge on any atom is 0.416 e. The van der Waals surface area contributed by atoms with Crippen LogP contribution < -0.4 is 15.4 Å². The van der Waals surface area contributed by atoms with E-state index in [4.69, 9.17) is 4.74 Å². The Balaban J connectivity index is 1.30. The van der Waals surface area contributed by atoms with Crippen molar-refractivity contribution in [3.8, 4) is 22.9 Å². The van der Waals surface area contributed by atoms with Crippen LogP contribution in [0.15, 0.2) is 48.5 Å². The normalized spacial score (nSPS) is 17.8. The summed E-state index contributed by atoms with van der Waals surface area (Å²) in [4.78, 5) is 27.9. The lowest BCUT2D eigenvalue weighted by molar-refractivity contribution is -0.137. The van der Waals surface area contributed by atoms with E-state index in [0.717, 1.165) is 42.3 Å². The van der Waals surface area contributed by atoms with Crippen molar-refractivity contribution < 1.29 is 22.7 Å². The molecule has 2 aliphatic rings. The lowest BCUT2D eigenvalue weighted by Gasteiger charge is -2.36. The second kappa shape index (κ2) is 11.8. The standard InChI is InChI=1S/C30H31F3N6O2S/c1-18(40)35-29-38-27-24(6-4-7-25(27)42-29)41-26-15-23(20-10-12-21(13-11-20)30(31,32)33)36-28(37-26)34-16-22-5-2-3-14-39(22)17-19-8-9-19/h4,6-7,10-13,15,19,22H,2-3,5,8-9,14,16-17H2,1H3,(H,34,36,37)(H,35,38,40)/t22-/m1/s1. The Morgan fingerprint density at radius 1 is 1.07 bits per heavy atom. The Morgan fingerprint density at radius 3 is 2.62 bits per heavy atom. The van der Waals surface area contributed by atoms with Gasteiger partial charge in [-0.25, -0.2) is 9.97 Å². The number of carbonyl (C=O) groups is 1. The number of nitrogens with one attached hydrogen (secondary N) is 2. The number of aromatic nitrogens is 3. The van der Waals surface area contributed by atoms with Gasteiger partial charge in [0, 0.05) is 37.7 Å². The monoisotopic (exact) mass is 596 g/mol. The maximum atomic E-state index is 13.2. The van der Waals surface area contributed by atoms with Gasteiger partial charge >= 0.3 is 6.18 Å². The highest BCUT2D eigenvalue weighted by atomic mass is 32.1. The Morgan fingerprint density at radius 2 is 1.88 bits per heavy atom. The molecule has 1 atom stereocenters. The summed E-state index contributed by atoms with van der Waals surface area (Å²) in [5.74, 6) is 1.57. The van der Waals surface area contributed by atoms with Gasteiger partial charge in [0.05, 0.1) is 16.0 Å². The van der Waals surface area contributed by atoms with E-state index < -0.39 is 11.7 Å². The van der Waals surface area contributed by atoms with Crippen LogP contribution in [0.4, 0.5) is 24.3 Å². The molecule has 0 unspecified atom stereocenters. The number of piperidine rings is 1. The van der Waals surface area contributed by atoms with E-state index in [1.807, 2.05) is 12.1 Å². The van der Waals surface area contributed by atoms with Crippen LogP contribution >= 0.6 is 11.3 Å². The molecule has 6 rings (SSSR count). The van der Waals surface area contributed by atoms with Crippen LogP contribution in [-0.4, -0.2) is 51.4 Å². The van der Waals surface area contributed by atoms with Gasteiger partial charge < -0.3 is 15.4 Å². The maximum absolute atomic E-state index is 13.2. The number of halogens is 3. The van der Waals surface area contributed by atoms with Crippen LogP contribution in [0.1, 0.15) is 44.6 Å². The Bertz CT molecular complexity index is 1570. The lowest BCUT2D eigenvalue weighted by Crippen LogP contribution is -2.44. The number of nitrogens with zero attached hydrogens (tertiary/aromatic N) is 4. The zero-order valence-corrected chi connectivity index (χ0v) is 23.9. The van der Waals surface area contributed by atoms with Gasteiger partial charge in [-0.15, -0.1) is 0 Å². The van der Waals surface area contributed by atoms with E-state index in [0.29, 0.717) is 46.2 Å². The van der Waals surface area contributed by atoms with Crippen molar-refractivity contribution in [2.24, 2.45) is 5.92 Å². The summed E-state index contributed by atoms with van der Waals surface area (Å²) >= 11 is 1.32. The minimum atomic E-state index is -4.43. The Labute approximate surface area is 245 Å². The minimum absolute atomic E-state index is 0.224. The molecule has 1 aliphatic carbocycles. The Kier molecular flexibility index (Phi) is 8.00. The van der Waals surface area contributed by atoms with Crippen molar-refractivity contribution in [1.82, 2.24) is 19.9 Å². The van der Waals surface area contributed by atoms with E-state index >= 15 is 0 Å². The average Bonchev–Trinajstić information content (AvgIpc) is 3.68. The topological polar surface area (TPSA) is 92.3 Å². The molecule has 1 amide bonds. The first-order valence-electron chi connectivity index (χ1n) is 14.1. The predicted molar refractivity (Wildman–Crippen MR) is 157 cm³/mol. The molecule has 1 aliphatic heterocycles. The van der Waals surface area contributed by atoms with Crippen molar-refractivity contribution in [2.45, 2.75) is 51.2 Å². The molecule has 42 heavy (non-hydrogen) atoms. The van der Waals surface area contributed by atoms with Crippen LogP contribution in [0.3, 0.4) is 0 Å². The number of rotatable bonds is 9. The highest BCUT2D eigenvalue weighted by Crippen LogP contribution is 2.36. The molecule has 2 fully saturated rings. The van der Waals surface area contributed by atoms with E-state index in [1.165, 1.54) is 56.1 Å². The van der Waals surface area contributed by atoms with Gasteiger partial charge in [0.1, 0.15) is 5.52 Å². The minimum Gasteiger partial charge on any atom is -0.437 e. The first kappa shape index (κ1) is 28.4. The molecule has 1 saturated heterocycles. The van der Waals surface area contributed by atoms with E-state index in [9.17, 15) is 18.0 Å². The summed E-state index contributed by atoms with van der Waals surface area (Å²) < 4.78 is 46.6. The third kappa shape index (κ3) is 6.81. The number of amides is 1. The highest BCUT2D eigenvalue weighted by molar-refractivity contribution is 7.22. The first-order valence-corrected chi connectivity index (χ1v) is 14.9. The molecule has 2 aromatic heterocycles. The van der Waals surface area contributed by atoms with Crippen molar-refractivity contribution in [2.75, 3.05) is 30.3 Å². The number of para-hydroxylation sites is 1. The average molecular weight is 597 g/mol. The number of carbonyl (C=O) groups excluding carboxylic acids is 1. The number of hydrogen-bond donors (Lipinski definition) is 2. The van der Waals surface area contributed by atoms with Gasteiger partial charge in [0.25, 0.3) is 0 Å². The van der Waals surface area contributed by atoms with Crippen LogP contribution in [0.5, 0.6) is 11.6 Å². The molecule has 2 N–H and O–H groups in total. The van der Waals surface area contributed by atoms with Crippen LogP contribution in [-0.2, 0) is 11.0 Å². The third-order valence-corrected chi connectivity index (χ3v) is 8.46. The van der Waals surface area contributed by atoms with Crippen LogP contribution in [0, 0.1) is 5.92 Å². The van der Waals surface area contributed by atoms with Crippen molar-refractivity contribution in [3.63, 3.8) is 0 Å². The number of benzene rings is 2. The van der Waals surface area contributed by atoms with Gasteiger partial charge in [-0.3, -0.25) is 9.69 Å². The fourth-order valence-electron chi connectivity index (χ4n) is 5.23. The largest absolute Gasteiger partial charge is 0.437 e. The molecule has 4 aromatic rings. The molecule has 12 heteroatoms. The molecule has 1 saturated carbocycles. The number of thiazole rings is 1. The van der Waals surface area contributed by atoms with E-state index in [-0.39, 0.29) is 11.8 Å². The molecule has 8 nitrogen and oxygen atoms in total. The molecular formula is C30H31F3N6O2S. The number of fused-ring (bicyclic) bond motifs is 1. The van der Waals surface area contributed by atoms with Crippen molar-refractivity contribution in [3.05, 3.63) is 54.1 Å². The molecule has 3 heterocycles. The number of alkyl halides is 3. The summed E-state index contributed by atoms with van der Waals surface area (Å²) in [7, 11) is 0. The second-order valence-electron chi connectivity index (χ2n) is 10.9. The smallest absolute Gasteiger partial charge is 0.416 e. The summed E-state index contributed by atoms with van der Waals surface area (Å²) in [6.45, 7) is 4.28. The van der Waals surface area contributed by atoms with Crippen LogP contribution in [0.25, 0.3) is 21.5 Å². The summed E-state index contributed by atoms with van der Waals surface area (Å²) in [6, 6.07) is 12.3. The number of anilines is 2. The molecule has 0 radical (unpaired) electrons. The van der Waals surface area contributed by atoms with Crippen LogP contribution in [0.2, 0.25) is 0 Å². The lowest BCUT2D eigenvalue weighted by atomic mass is 10.0. The number of hydrogen-bond acceptors (Lipinski definition) is 8. The van der Waals surface area contributed by atoms with Crippen molar-refractivity contribution >= 4 is 38.5 Å².